The number of halogens is 1. The molecule has 2 rings (SSSR count). The lowest BCUT2D eigenvalue weighted by molar-refractivity contribution is -0.121. The molecule has 0 bridgehead atoms. The van der Waals surface area contributed by atoms with Crippen LogP contribution in [0.3, 0.4) is 0 Å². The van der Waals surface area contributed by atoms with Gasteiger partial charge in [-0.1, -0.05) is 15.9 Å². The molecule has 118 valence electrons. The van der Waals surface area contributed by atoms with Crippen molar-refractivity contribution in [2.24, 2.45) is 0 Å². The SMILES string of the molecule is CNC(C)CNC(=O)CCN1C(=O)c2ccc(Br)cc2C1=O. The molecule has 0 saturated heterocycles. The van der Waals surface area contributed by atoms with Crippen LogP contribution in [0.25, 0.3) is 0 Å². The van der Waals surface area contributed by atoms with Gasteiger partial charge in [-0.3, -0.25) is 19.3 Å². The van der Waals surface area contributed by atoms with Gasteiger partial charge in [0, 0.05) is 30.0 Å². The molecule has 1 aliphatic rings. The van der Waals surface area contributed by atoms with Gasteiger partial charge < -0.3 is 10.6 Å². The smallest absolute Gasteiger partial charge is 0.261 e. The fraction of sp³-hybridized carbons (Fsp3) is 0.400. The van der Waals surface area contributed by atoms with E-state index in [0.29, 0.717) is 17.7 Å². The van der Waals surface area contributed by atoms with Crippen LogP contribution in [0.5, 0.6) is 0 Å². The lowest BCUT2D eigenvalue weighted by atomic mass is 10.1. The number of imide groups is 1. The first-order valence-electron chi connectivity index (χ1n) is 7.03. The van der Waals surface area contributed by atoms with Crippen molar-refractivity contribution in [1.29, 1.82) is 0 Å². The fourth-order valence-electron chi connectivity index (χ4n) is 2.14. The number of nitrogens with zero attached hydrogens (tertiary/aromatic N) is 1. The number of nitrogens with one attached hydrogen (secondary N) is 2. The van der Waals surface area contributed by atoms with Gasteiger partial charge in [-0.15, -0.1) is 0 Å². The Morgan fingerprint density at radius 1 is 1.27 bits per heavy atom. The number of amides is 3. The molecule has 7 heteroatoms. The van der Waals surface area contributed by atoms with E-state index in [4.69, 9.17) is 0 Å². The number of likely N-dealkylation sites (N-methyl/N-ethyl adjacent to an activating group) is 1. The molecular formula is C15H18BrN3O3. The predicted octanol–water partition coefficient (Wildman–Crippen LogP) is 1.16. The molecule has 0 radical (unpaired) electrons. The molecular weight excluding hydrogens is 350 g/mol. The van der Waals surface area contributed by atoms with Gasteiger partial charge in [0.2, 0.25) is 5.91 Å². The summed E-state index contributed by atoms with van der Waals surface area (Å²) in [7, 11) is 1.81. The van der Waals surface area contributed by atoms with Gasteiger partial charge in [-0.05, 0) is 32.2 Å². The molecule has 0 fully saturated rings. The molecule has 1 aromatic carbocycles. The summed E-state index contributed by atoms with van der Waals surface area (Å²) in [5.74, 6) is -0.874. The summed E-state index contributed by atoms with van der Waals surface area (Å²) in [6, 6.07) is 5.14. The molecule has 22 heavy (non-hydrogen) atoms. The molecule has 1 aliphatic heterocycles. The molecule has 0 spiro atoms. The van der Waals surface area contributed by atoms with Crippen LogP contribution >= 0.6 is 15.9 Å². The quantitative estimate of drug-likeness (QED) is 0.739. The normalized spacial score (nSPS) is 15.0. The van der Waals surface area contributed by atoms with Crippen LogP contribution in [0.4, 0.5) is 0 Å². The second-order valence-electron chi connectivity index (χ2n) is 5.20. The largest absolute Gasteiger partial charge is 0.354 e. The molecule has 1 aromatic rings. The molecule has 1 unspecified atom stereocenters. The Labute approximate surface area is 137 Å². The molecule has 3 amide bonds. The van der Waals surface area contributed by atoms with Crippen molar-refractivity contribution in [3.8, 4) is 0 Å². The lowest BCUT2D eigenvalue weighted by Crippen LogP contribution is -2.39. The van der Waals surface area contributed by atoms with Crippen molar-refractivity contribution in [2.45, 2.75) is 19.4 Å². The maximum Gasteiger partial charge on any atom is 0.261 e. The van der Waals surface area contributed by atoms with Crippen molar-refractivity contribution in [3.63, 3.8) is 0 Å². The highest BCUT2D eigenvalue weighted by atomic mass is 79.9. The van der Waals surface area contributed by atoms with Crippen LogP contribution in [-0.4, -0.2) is 48.8 Å². The standard InChI is InChI=1S/C15H18BrN3O3/c1-9(17-2)8-18-13(20)5-6-19-14(21)11-4-3-10(16)7-12(11)15(19)22/h3-4,7,9,17H,5-6,8H2,1-2H3,(H,18,20). The van der Waals surface area contributed by atoms with E-state index in [0.717, 1.165) is 9.37 Å². The van der Waals surface area contributed by atoms with Crippen molar-refractivity contribution >= 4 is 33.7 Å². The second kappa shape index (κ2) is 7.02. The number of fused-ring (bicyclic) bond motifs is 1. The van der Waals surface area contributed by atoms with Gasteiger partial charge >= 0.3 is 0 Å². The van der Waals surface area contributed by atoms with E-state index in [1.807, 2.05) is 14.0 Å². The number of carbonyl (C=O) groups excluding carboxylic acids is 3. The van der Waals surface area contributed by atoms with E-state index in [1.54, 1.807) is 18.2 Å². The third-order valence-corrected chi connectivity index (χ3v) is 4.09. The van der Waals surface area contributed by atoms with Crippen LogP contribution in [0.15, 0.2) is 22.7 Å². The van der Waals surface area contributed by atoms with Crippen molar-refractivity contribution in [1.82, 2.24) is 15.5 Å². The van der Waals surface area contributed by atoms with Gasteiger partial charge in [-0.25, -0.2) is 0 Å². The highest BCUT2D eigenvalue weighted by Gasteiger charge is 2.35. The number of rotatable bonds is 6. The van der Waals surface area contributed by atoms with Crippen LogP contribution in [0.1, 0.15) is 34.1 Å². The third-order valence-electron chi connectivity index (χ3n) is 3.59. The highest BCUT2D eigenvalue weighted by molar-refractivity contribution is 9.10. The average molecular weight is 368 g/mol. The summed E-state index contributed by atoms with van der Waals surface area (Å²) < 4.78 is 0.744. The zero-order valence-corrected chi connectivity index (χ0v) is 14.1. The van der Waals surface area contributed by atoms with Crippen molar-refractivity contribution in [2.75, 3.05) is 20.1 Å². The maximum absolute atomic E-state index is 12.2. The molecule has 0 aromatic heterocycles. The van der Waals surface area contributed by atoms with E-state index in [-0.39, 0.29) is 36.7 Å². The zero-order chi connectivity index (χ0) is 16.3. The van der Waals surface area contributed by atoms with Gasteiger partial charge in [0.1, 0.15) is 0 Å². The predicted molar refractivity (Wildman–Crippen MR) is 85.7 cm³/mol. The third kappa shape index (κ3) is 3.53. The van der Waals surface area contributed by atoms with Crippen LogP contribution in [-0.2, 0) is 4.79 Å². The summed E-state index contributed by atoms with van der Waals surface area (Å²) in [5.41, 5.74) is 0.765. The Morgan fingerprint density at radius 2 is 1.95 bits per heavy atom. The van der Waals surface area contributed by atoms with Gasteiger partial charge in [0.25, 0.3) is 11.8 Å². The van der Waals surface area contributed by atoms with Crippen molar-refractivity contribution < 1.29 is 14.4 Å². The Bertz CT molecular complexity index is 618. The second-order valence-corrected chi connectivity index (χ2v) is 6.11. The lowest BCUT2D eigenvalue weighted by Gasteiger charge is -2.15. The highest BCUT2D eigenvalue weighted by Crippen LogP contribution is 2.25. The Hall–Kier alpha value is -1.73. The zero-order valence-electron chi connectivity index (χ0n) is 12.5. The first-order chi connectivity index (χ1) is 10.4. The fourth-order valence-corrected chi connectivity index (χ4v) is 2.50. The van der Waals surface area contributed by atoms with E-state index in [2.05, 4.69) is 26.6 Å². The van der Waals surface area contributed by atoms with Gasteiger partial charge in [0.05, 0.1) is 11.1 Å². The number of hydrogen-bond donors (Lipinski definition) is 2. The van der Waals surface area contributed by atoms with Crippen molar-refractivity contribution in [3.05, 3.63) is 33.8 Å². The van der Waals surface area contributed by atoms with Crippen LogP contribution < -0.4 is 10.6 Å². The Morgan fingerprint density at radius 3 is 2.64 bits per heavy atom. The topological polar surface area (TPSA) is 78.5 Å². The molecule has 1 heterocycles. The summed E-state index contributed by atoms with van der Waals surface area (Å²) in [6.45, 7) is 2.54. The Balaban J connectivity index is 1.94. The molecule has 6 nitrogen and oxygen atoms in total. The van der Waals surface area contributed by atoms with Gasteiger partial charge in [-0.2, -0.15) is 0 Å². The molecule has 2 N–H and O–H groups in total. The van der Waals surface area contributed by atoms with Crippen LogP contribution in [0, 0.1) is 0 Å². The van der Waals surface area contributed by atoms with E-state index >= 15 is 0 Å². The van der Waals surface area contributed by atoms with E-state index < -0.39 is 0 Å². The number of hydrogen-bond acceptors (Lipinski definition) is 4. The molecule has 1 atom stereocenters. The number of carbonyl (C=O) groups is 3. The first-order valence-corrected chi connectivity index (χ1v) is 7.83. The summed E-state index contributed by atoms with van der Waals surface area (Å²) in [6.07, 6.45) is 0.100. The summed E-state index contributed by atoms with van der Waals surface area (Å²) >= 11 is 3.28. The van der Waals surface area contributed by atoms with Gasteiger partial charge in [0.15, 0.2) is 0 Å². The van der Waals surface area contributed by atoms with E-state index in [1.165, 1.54) is 0 Å². The van der Waals surface area contributed by atoms with Crippen LogP contribution in [0.2, 0.25) is 0 Å². The minimum Gasteiger partial charge on any atom is -0.354 e. The molecule has 0 saturated carbocycles. The molecule has 0 aliphatic carbocycles. The van der Waals surface area contributed by atoms with E-state index in [9.17, 15) is 14.4 Å². The summed E-state index contributed by atoms with van der Waals surface area (Å²) in [4.78, 5) is 37.3. The maximum atomic E-state index is 12.2. The summed E-state index contributed by atoms with van der Waals surface area (Å²) in [5, 5.41) is 5.77. The average Bonchev–Trinajstić information content (AvgIpc) is 2.74. The minimum atomic E-state index is -0.349. The first kappa shape index (κ1) is 16.6. The number of benzene rings is 1. The monoisotopic (exact) mass is 367 g/mol. The Kier molecular flexibility index (Phi) is 5.31. The minimum absolute atomic E-state index is 0.0870.